The fraction of sp³-hybridized carbons (Fsp3) is 0.500. The normalized spacial score (nSPS) is 17.7. The molecule has 0 spiro atoms. The number of carbonyl (C=O) groups is 2. The van der Waals surface area contributed by atoms with Crippen LogP contribution in [0, 0.1) is 5.92 Å². The first kappa shape index (κ1) is 13.5. The first-order chi connectivity index (χ1) is 9.18. The van der Waals surface area contributed by atoms with Gasteiger partial charge >= 0.3 is 0 Å². The summed E-state index contributed by atoms with van der Waals surface area (Å²) in [4.78, 5) is 27.5. The van der Waals surface area contributed by atoms with Gasteiger partial charge in [-0.25, -0.2) is 0 Å². The van der Waals surface area contributed by atoms with Gasteiger partial charge in [-0.3, -0.25) is 14.6 Å². The zero-order chi connectivity index (χ0) is 13.7. The summed E-state index contributed by atoms with van der Waals surface area (Å²) in [7, 11) is 0. The summed E-state index contributed by atoms with van der Waals surface area (Å²) in [6.45, 7) is 0. The third-order valence-corrected chi connectivity index (χ3v) is 3.64. The molecule has 5 nitrogen and oxygen atoms in total. The maximum Gasteiger partial charge on any atom is 0.253 e. The van der Waals surface area contributed by atoms with Gasteiger partial charge in [0.05, 0.1) is 5.56 Å². The summed E-state index contributed by atoms with van der Waals surface area (Å²) in [6.07, 6.45) is 8.35. The van der Waals surface area contributed by atoms with Gasteiger partial charge in [0.2, 0.25) is 5.91 Å². The molecule has 1 atom stereocenters. The maximum absolute atomic E-state index is 12.0. The number of carbonyl (C=O) groups excluding carboxylic acids is 2. The van der Waals surface area contributed by atoms with Crippen LogP contribution in [0.3, 0.4) is 0 Å². The van der Waals surface area contributed by atoms with Gasteiger partial charge in [-0.15, -0.1) is 0 Å². The van der Waals surface area contributed by atoms with E-state index in [2.05, 4.69) is 10.3 Å². The summed E-state index contributed by atoms with van der Waals surface area (Å²) in [5, 5.41) is 2.75. The molecule has 0 bridgehead atoms. The van der Waals surface area contributed by atoms with E-state index in [4.69, 9.17) is 5.73 Å². The minimum absolute atomic E-state index is 0.159. The minimum atomic E-state index is -0.576. The van der Waals surface area contributed by atoms with Gasteiger partial charge in [-0.1, -0.05) is 19.3 Å². The van der Waals surface area contributed by atoms with E-state index in [0.29, 0.717) is 5.56 Å². The zero-order valence-corrected chi connectivity index (χ0v) is 10.8. The van der Waals surface area contributed by atoms with Crippen LogP contribution in [0.2, 0.25) is 0 Å². The van der Waals surface area contributed by atoms with Gasteiger partial charge in [-0.2, -0.15) is 0 Å². The topological polar surface area (TPSA) is 85.1 Å². The van der Waals surface area contributed by atoms with Crippen LogP contribution in [0.15, 0.2) is 24.5 Å². The first-order valence-electron chi connectivity index (χ1n) is 6.68. The molecule has 3 N–H and O–H groups in total. The van der Waals surface area contributed by atoms with Gasteiger partial charge in [0, 0.05) is 12.4 Å². The number of hydrogen-bond donors (Lipinski definition) is 2. The van der Waals surface area contributed by atoms with Crippen molar-refractivity contribution in [3.05, 3.63) is 30.1 Å². The van der Waals surface area contributed by atoms with E-state index in [1.165, 1.54) is 12.6 Å². The van der Waals surface area contributed by atoms with Crippen molar-refractivity contribution in [1.29, 1.82) is 0 Å². The average molecular weight is 261 g/mol. The number of nitrogens with zero attached hydrogens (tertiary/aromatic N) is 1. The van der Waals surface area contributed by atoms with Gasteiger partial charge in [0.15, 0.2) is 0 Å². The van der Waals surface area contributed by atoms with Crippen molar-refractivity contribution in [3.8, 4) is 0 Å². The van der Waals surface area contributed by atoms with E-state index in [9.17, 15) is 9.59 Å². The minimum Gasteiger partial charge on any atom is -0.368 e. The number of pyridine rings is 1. The molecule has 19 heavy (non-hydrogen) atoms. The van der Waals surface area contributed by atoms with Gasteiger partial charge in [0.25, 0.3) is 5.91 Å². The van der Waals surface area contributed by atoms with E-state index in [0.717, 1.165) is 25.7 Å². The molecule has 0 aliphatic heterocycles. The molecule has 1 aromatic rings. The predicted octanol–water partition coefficient (Wildman–Crippen LogP) is 1.25. The van der Waals surface area contributed by atoms with Crippen LogP contribution in [0.1, 0.15) is 42.5 Å². The Kier molecular flexibility index (Phi) is 4.49. The lowest BCUT2D eigenvalue weighted by molar-refractivity contribution is -0.121. The molecule has 102 valence electrons. The second kappa shape index (κ2) is 6.31. The zero-order valence-electron chi connectivity index (χ0n) is 10.8. The maximum atomic E-state index is 12.0. The average Bonchev–Trinajstić information content (AvgIpc) is 2.46. The molecule has 1 aromatic heterocycles. The molecule has 1 fully saturated rings. The van der Waals surface area contributed by atoms with Crippen molar-refractivity contribution < 1.29 is 9.59 Å². The number of aromatic nitrogens is 1. The summed E-state index contributed by atoms with van der Waals surface area (Å²) in [5.74, 6) is -0.585. The van der Waals surface area contributed by atoms with Crippen molar-refractivity contribution in [2.45, 2.75) is 38.1 Å². The van der Waals surface area contributed by atoms with Crippen molar-refractivity contribution in [1.82, 2.24) is 10.3 Å². The van der Waals surface area contributed by atoms with Gasteiger partial charge in [-0.05, 0) is 30.9 Å². The third kappa shape index (κ3) is 3.53. The molecular formula is C14H19N3O2. The molecule has 5 heteroatoms. The van der Waals surface area contributed by atoms with Crippen LogP contribution in [0.4, 0.5) is 0 Å². The SMILES string of the molecule is NC(=O)[C@H](NC(=O)c1cccnc1)C1CCCCC1. The van der Waals surface area contributed by atoms with Crippen molar-refractivity contribution in [2.75, 3.05) is 0 Å². The Morgan fingerprint density at radius 2 is 2.05 bits per heavy atom. The second-order valence-corrected chi connectivity index (χ2v) is 4.99. The molecule has 1 aliphatic rings. The highest BCUT2D eigenvalue weighted by Gasteiger charge is 2.29. The van der Waals surface area contributed by atoms with Crippen LogP contribution in [0.5, 0.6) is 0 Å². The molecule has 0 unspecified atom stereocenters. The van der Waals surface area contributed by atoms with Crippen LogP contribution in [-0.2, 0) is 4.79 Å². The number of amides is 2. The molecule has 1 aliphatic carbocycles. The molecule has 2 rings (SSSR count). The number of primary amides is 1. The molecule has 2 amide bonds. The molecule has 1 saturated carbocycles. The molecule has 0 aromatic carbocycles. The van der Waals surface area contributed by atoms with Gasteiger partial charge in [0.1, 0.15) is 6.04 Å². The first-order valence-corrected chi connectivity index (χ1v) is 6.68. The van der Waals surface area contributed by atoms with Crippen molar-refractivity contribution in [2.24, 2.45) is 11.7 Å². The summed E-state index contributed by atoms with van der Waals surface area (Å²) in [6, 6.07) is 2.78. The van der Waals surface area contributed by atoms with E-state index >= 15 is 0 Å². The lowest BCUT2D eigenvalue weighted by Gasteiger charge is -2.28. The lowest BCUT2D eigenvalue weighted by Crippen LogP contribution is -2.49. The van der Waals surface area contributed by atoms with Crippen LogP contribution in [0.25, 0.3) is 0 Å². The van der Waals surface area contributed by atoms with E-state index < -0.39 is 11.9 Å². The van der Waals surface area contributed by atoms with Gasteiger partial charge < -0.3 is 11.1 Å². The Hall–Kier alpha value is -1.91. The van der Waals surface area contributed by atoms with Crippen LogP contribution in [-0.4, -0.2) is 22.8 Å². The number of hydrogen-bond acceptors (Lipinski definition) is 3. The van der Waals surface area contributed by atoms with Crippen LogP contribution < -0.4 is 11.1 Å². The predicted molar refractivity (Wildman–Crippen MR) is 71.3 cm³/mol. The third-order valence-electron chi connectivity index (χ3n) is 3.64. The monoisotopic (exact) mass is 261 g/mol. The highest BCUT2D eigenvalue weighted by Crippen LogP contribution is 2.26. The summed E-state index contributed by atoms with van der Waals surface area (Å²) < 4.78 is 0. The number of nitrogens with two attached hydrogens (primary N) is 1. The van der Waals surface area contributed by atoms with E-state index in [1.54, 1.807) is 18.3 Å². The standard InChI is InChI=1S/C14H19N3O2/c15-13(18)12(10-5-2-1-3-6-10)17-14(19)11-7-4-8-16-9-11/h4,7-10,12H,1-3,5-6H2,(H2,15,18)(H,17,19)/t12-/m1/s1. The quantitative estimate of drug-likeness (QED) is 0.855. The Labute approximate surface area is 112 Å². The molecule has 1 heterocycles. The fourth-order valence-corrected chi connectivity index (χ4v) is 2.61. The fourth-order valence-electron chi connectivity index (χ4n) is 2.61. The molecule has 0 saturated heterocycles. The second-order valence-electron chi connectivity index (χ2n) is 4.99. The largest absolute Gasteiger partial charge is 0.368 e. The Morgan fingerprint density at radius 1 is 1.32 bits per heavy atom. The number of rotatable bonds is 4. The highest BCUT2D eigenvalue weighted by atomic mass is 16.2. The number of nitrogens with one attached hydrogen (secondary N) is 1. The molecule has 0 radical (unpaired) electrons. The smallest absolute Gasteiger partial charge is 0.253 e. The van der Waals surface area contributed by atoms with E-state index in [-0.39, 0.29) is 11.8 Å². The summed E-state index contributed by atoms with van der Waals surface area (Å²) >= 11 is 0. The lowest BCUT2D eigenvalue weighted by atomic mass is 9.83. The Bertz CT molecular complexity index is 441. The van der Waals surface area contributed by atoms with Crippen LogP contribution >= 0.6 is 0 Å². The van der Waals surface area contributed by atoms with E-state index in [1.807, 2.05) is 0 Å². The summed E-state index contributed by atoms with van der Waals surface area (Å²) in [5.41, 5.74) is 5.87. The van der Waals surface area contributed by atoms with Crippen molar-refractivity contribution >= 4 is 11.8 Å². The highest BCUT2D eigenvalue weighted by molar-refractivity contribution is 5.97. The molecular weight excluding hydrogens is 242 g/mol. The Balaban J connectivity index is 2.04. The van der Waals surface area contributed by atoms with Crippen molar-refractivity contribution in [3.63, 3.8) is 0 Å². The Morgan fingerprint density at radius 3 is 2.63 bits per heavy atom.